The number of anilines is 2. The van der Waals surface area contributed by atoms with Crippen LogP contribution in [0.5, 0.6) is 0 Å². The van der Waals surface area contributed by atoms with Crippen LogP contribution in [-0.4, -0.2) is 16.5 Å². The molecule has 0 spiro atoms. The summed E-state index contributed by atoms with van der Waals surface area (Å²) in [6.45, 7) is 8.49. The Balaban J connectivity index is 2.16. The highest BCUT2D eigenvalue weighted by molar-refractivity contribution is 5.55. The first kappa shape index (κ1) is 14.7. The van der Waals surface area contributed by atoms with Gasteiger partial charge in [0.15, 0.2) is 0 Å². The van der Waals surface area contributed by atoms with Crippen LogP contribution in [0.2, 0.25) is 0 Å². The summed E-state index contributed by atoms with van der Waals surface area (Å²) in [5.74, 6) is 1.77. The first-order valence-electron chi connectivity index (χ1n) is 6.88. The topological polar surface area (TPSA) is 29.0 Å². The normalized spacial score (nSPS) is 10.5. The van der Waals surface area contributed by atoms with Crippen molar-refractivity contribution in [3.8, 4) is 0 Å². The van der Waals surface area contributed by atoms with Crippen LogP contribution >= 0.6 is 0 Å². The lowest BCUT2D eigenvalue weighted by atomic mass is 10.2. The van der Waals surface area contributed by atoms with Crippen LogP contribution in [0.4, 0.5) is 11.6 Å². The van der Waals surface area contributed by atoms with E-state index in [4.69, 9.17) is 0 Å². The molecule has 2 aromatic heterocycles. The summed E-state index contributed by atoms with van der Waals surface area (Å²) in [6, 6.07) is 11.7. The highest BCUT2D eigenvalue weighted by Crippen LogP contribution is 2.21. The molecule has 2 aromatic rings. The van der Waals surface area contributed by atoms with Crippen LogP contribution in [0.15, 0.2) is 85.8 Å². The second kappa shape index (κ2) is 7.80. The number of allylic oxidation sites excluding steroid dienone is 3. The van der Waals surface area contributed by atoms with Crippen molar-refractivity contribution in [2.75, 3.05) is 11.4 Å². The van der Waals surface area contributed by atoms with E-state index in [1.54, 1.807) is 18.5 Å². The molecule has 2 rings (SSSR count). The molecule has 3 heteroatoms. The lowest BCUT2D eigenvalue weighted by Gasteiger charge is -2.22. The molecule has 0 saturated heterocycles. The maximum Gasteiger partial charge on any atom is 0.134 e. The van der Waals surface area contributed by atoms with Crippen molar-refractivity contribution in [2.24, 2.45) is 0 Å². The zero-order valence-corrected chi connectivity index (χ0v) is 12.0. The van der Waals surface area contributed by atoms with Crippen LogP contribution < -0.4 is 4.90 Å². The van der Waals surface area contributed by atoms with Gasteiger partial charge in [-0.2, -0.15) is 0 Å². The first-order chi connectivity index (χ1) is 10.3. The van der Waals surface area contributed by atoms with Gasteiger partial charge in [-0.15, -0.1) is 0 Å². The molecule has 0 aliphatic rings. The summed E-state index contributed by atoms with van der Waals surface area (Å²) < 4.78 is 0. The van der Waals surface area contributed by atoms with Gasteiger partial charge in [-0.3, -0.25) is 0 Å². The molecule has 0 aliphatic carbocycles. The van der Waals surface area contributed by atoms with Crippen molar-refractivity contribution < 1.29 is 0 Å². The number of pyridine rings is 2. The maximum absolute atomic E-state index is 4.42. The molecule has 0 atom stereocenters. The predicted octanol–water partition coefficient (Wildman–Crippen LogP) is 4.30. The molecule has 0 aliphatic heterocycles. The minimum absolute atomic E-state index is 0.772. The van der Waals surface area contributed by atoms with E-state index in [1.807, 2.05) is 48.6 Å². The Kier molecular flexibility index (Phi) is 5.47. The molecule has 0 radical (unpaired) electrons. The van der Waals surface area contributed by atoms with Crippen molar-refractivity contribution in [1.29, 1.82) is 0 Å². The number of hydrogen-bond acceptors (Lipinski definition) is 3. The summed E-state index contributed by atoms with van der Waals surface area (Å²) in [7, 11) is 0. The smallest absolute Gasteiger partial charge is 0.134 e. The SMILES string of the molecule is C=CC=CC(=C)CCN(c1ccccn1)c1ccccn1. The van der Waals surface area contributed by atoms with Crippen molar-refractivity contribution in [1.82, 2.24) is 9.97 Å². The summed E-state index contributed by atoms with van der Waals surface area (Å²) in [5, 5.41) is 0. The zero-order chi connectivity index (χ0) is 14.9. The number of nitrogens with zero attached hydrogens (tertiary/aromatic N) is 3. The minimum atomic E-state index is 0.772. The van der Waals surface area contributed by atoms with Gasteiger partial charge in [0, 0.05) is 18.9 Å². The molecule has 0 bridgehead atoms. The van der Waals surface area contributed by atoms with E-state index in [-0.39, 0.29) is 0 Å². The summed E-state index contributed by atoms with van der Waals surface area (Å²) in [4.78, 5) is 10.9. The summed E-state index contributed by atoms with van der Waals surface area (Å²) in [5.41, 5.74) is 1.05. The van der Waals surface area contributed by atoms with Gasteiger partial charge in [0.2, 0.25) is 0 Å². The van der Waals surface area contributed by atoms with Crippen LogP contribution in [0, 0.1) is 0 Å². The molecule has 106 valence electrons. The molecule has 2 heterocycles. The van der Waals surface area contributed by atoms with Gasteiger partial charge >= 0.3 is 0 Å². The Bertz CT molecular complexity index is 563. The average molecular weight is 277 g/mol. The maximum atomic E-state index is 4.42. The van der Waals surface area contributed by atoms with E-state index in [1.165, 1.54) is 0 Å². The first-order valence-corrected chi connectivity index (χ1v) is 6.88. The Morgan fingerprint density at radius 3 is 2.14 bits per heavy atom. The molecule has 0 unspecified atom stereocenters. The third-order valence-electron chi connectivity index (χ3n) is 2.98. The summed E-state index contributed by atoms with van der Waals surface area (Å²) in [6.07, 6.45) is 10.0. The molecule has 0 amide bonds. The van der Waals surface area contributed by atoms with Crippen LogP contribution in [-0.2, 0) is 0 Å². The van der Waals surface area contributed by atoms with E-state index in [2.05, 4.69) is 28.0 Å². The zero-order valence-electron chi connectivity index (χ0n) is 12.0. The van der Waals surface area contributed by atoms with E-state index in [0.29, 0.717) is 0 Å². The molecule has 0 fully saturated rings. The fourth-order valence-electron chi connectivity index (χ4n) is 1.92. The third kappa shape index (κ3) is 4.42. The highest BCUT2D eigenvalue weighted by atomic mass is 15.2. The minimum Gasteiger partial charge on any atom is -0.311 e. The molecule has 21 heavy (non-hydrogen) atoms. The van der Waals surface area contributed by atoms with E-state index in [0.717, 1.165) is 30.2 Å². The molecule has 3 nitrogen and oxygen atoms in total. The predicted molar refractivity (Wildman–Crippen MR) is 88.6 cm³/mol. The fraction of sp³-hybridized carbons (Fsp3) is 0.111. The van der Waals surface area contributed by atoms with E-state index >= 15 is 0 Å². The molecular weight excluding hydrogens is 258 g/mol. The Morgan fingerprint density at radius 2 is 1.67 bits per heavy atom. The molecule has 0 N–H and O–H groups in total. The largest absolute Gasteiger partial charge is 0.311 e. The van der Waals surface area contributed by atoms with E-state index < -0.39 is 0 Å². The Hall–Kier alpha value is -2.68. The third-order valence-corrected chi connectivity index (χ3v) is 2.98. The Morgan fingerprint density at radius 1 is 1.05 bits per heavy atom. The van der Waals surface area contributed by atoms with Crippen molar-refractivity contribution >= 4 is 11.6 Å². The van der Waals surface area contributed by atoms with Crippen molar-refractivity contribution in [3.63, 3.8) is 0 Å². The lowest BCUT2D eigenvalue weighted by Crippen LogP contribution is -2.20. The van der Waals surface area contributed by atoms with Gasteiger partial charge in [-0.05, 0) is 30.7 Å². The highest BCUT2D eigenvalue weighted by Gasteiger charge is 2.10. The van der Waals surface area contributed by atoms with Crippen molar-refractivity contribution in [2.45, 2.75) is 6.42 Å². The monoisotopic (exact) mass is 277 g/mol. The number of hydrogen-bond donors (Lipinski definition) is 0. The molecule has 0 aromatic carbocycles. The van der Waals surface area contributed by atoms with Gasteiger partial charge in [0.25, 0.3) is 0 Å². The quantitative estimate of drug-likeness (QED) is 0.706. The Labute approximate surface area is 126 Å². The fourth-order valence-corrected chi connectivity index (χ4v) is 1.92. The number of aromatic nitrogens is 2. The average Bonchev–Trinajstić information content (AvgIpc) is 2.55. The van der Waals surface area contributed by atoms with E-state index in [9.17, 15) is 0 Å². The van der Waals surface area contributed by atoms with Gasteiger partial charge in [-0.25, -0.2) is 9.97 Å². The molecule has 0 saturated carbocycles. The summed E-state index contributed by atoms with van der Waals surface area (Å²) >= 11 is 0. The van der Waals surface area contributed by atoms with Gasteiger partial charge in [0.1, 0.15) is 11.6 Å². The van der Waals surface area contributed by atoms with Crippen molar-refractivity contribution in [3.05, 3.63) is 85.8 Å². The molecular formula is C18H19N3. The standard InChI is InChI=1S/C18H19N3/c1-3-4-9-16(2)12-15-21(17-10-5-7-13-19-17)18-11-6-8-14-20-18/h3-11,13-14H,1-2,12,15H2. The van der Waals surface area contributed by atoms with Gasteiger partial charge in [-0.1, -0.05) is 49.1 Å². The van der Waals surface area contributed by atoms with Crippen LogP contribution in [0.1, 0.15) is 6.42 Å². The lowest BCUT2D eigenvalue weighted by molar-refractivity contribution is 0.885. The van der Waals surface area contributed by atoms with Crippen LogP contribution in [0.25, 0.3) is 0 Å². The van der Waals surface area contributed by atoms with Crippen LogP contribution in [0.3, 0.4) is 0 Å². The van der Waals surface area contributed by atoms with Gasteiger partial charge < -0.3 is 4.90 Å². The van der Waals surface area contributed by atoms with Gasteiger partial charge in [0.05, 0.1) is 0 Å². The number of rotatable bonds is 7. The second-order valence-corrected chi connectivity index (χ2v) is 4.53. The second-order valence-electron chi connectivity index (χ2n) is 4.53.